The number of H-pyrrole nitrogens is 1. The highest BCUT2D eigenvalue weighted by atomic mass is 33.1. The van der Waals surface area contributed by atoms with Gasteiger partial charge in [-0.2, -0.15) is 0 Å². The van der Waals surface area contributed by atoms with Gasteiger partial charge >= 0.3 is 0 Å². The van der Waals surface area contributed by atoms with E-state index in [-0.39, 0.29) is 126 Å². The Kier molecular flexibility index (Phi) is 44.6. The summed E-state index contributed by atoms with van der Waals surface area (Å²) in [5, 5.41) is 98.7. The third-order valence-electron chi connectivity index (χ3n) is 18.8. The monoisotopic (exact) mass is 1660 g/mol. The molecule has 1 fully saturated rings. The summed E-state index contributed by atoms with van der Waals surface area (Å²) in [4.78, 5) is 193. The Bertz CT molecular complexity index is 3810. The minimum absolute atomic E-state index is 0.0349. The number of benzene rings is 3. The second-order valence-electron chi connectivity index (χ2n) is 28.3. The molecule has 10 atom stereocenters. The van der Waals surface area contributed by atoms with Gasteiger partial charge in [0.25, 0.3) is 0 Å². The van der Waals surface area contributed by atoms with Crippen molar-refractivity contribution in [1.29, 1.82) is 0 Å². The first-order valence-corrected chi connectivity index (χ1v) is 41.7. The Balaban J connectivity index is 1.21. The zero-order valence-electron chi connectivity index (χ0n) is 65.9. The predicted octanol–water partition coefficient (Wildman–Crippen LogP) is 0.551. The van der Waals surface area contributed by atoms with Gasteiger partial charge in [-0.3, -0.25) is 67.1 Å². The molecular formula is C78H113N16O20S2-3. The van der Waals surface area contributed by atoms with Gasteiger partial charge in [0.05, 0.1) is 24.9 Å². The molecule has 1 aliphatic rings. The quantitative estimate of drug-likeness (QED) is 0.0163. The first kappa shape index (κ1) is 96.8. The van der Waals surface area contributed by atoms with Crippen molar-refractivity contribution < 1.29 is 82.4 Å². The van der Waals surface area contributed by atoms with E-state index < -0.39 is 156 Å². The normalized spacial score (nSPS) is 18.2. The number of nitrogens with zero attached hydrogens (tertiary/aromatic N) is 3. The van der Waals surface area contributed by atoms with Gasteiger partial charge in [0.2, 0.25) is 82.7 Å². The Morgan fingerprint density at radius 3 is 1.57 bits per heavy atom. The van der Waals surface area contributed by atoms with Crippen LogP contribution in [0.4, 0.5) is 0 Å². The number of nitrogens with one attached hydrogen (secondary N) is 12. The van der Waals surface area contributed by atoms with Crippen molar-refractivity contribution in [2.45, 2.75) is 216 Å². The molecule has 0 spiro atoms. The number of hydrogen-bond acceptors (Lipinski definition) is 23. The Hall–Kier alpha value is -9.80. The number of rotatable bonds is 45. The smallest absolute Gasteiger partial charge is 0.245 e. The highest BCUT2D eigenvalue weighted by Crippen LogP contribution is 2.25. The summed E-state index contributed by atoms with van der Waals surface area (Å²) in [5.41, 5.74) is 8.27. The SMILES string of the molecule is CC(=O)N([O-])CCCCCNC(=O)CCC(=O)N([O-])CCCCCNC(=O)CCC(=O)N([O-])CCCCCNC(=O)CCC(=O)NC(Cc1ccccc1)C(=O)NC1CSSCC(C(=O)NC(CO)C(C)O)NC(=O)C(C(C)O)NC(=O)C(CCCCN)NC(=O)C(Cc2c[nH]c3ccccc23)NC(=O)C(Cc2ccccc2)NC1=O. The Morgan fingerprint density at radius 1 is 0.534 bits per heavy atom. The molecule has 0 radical (unpaired) electrons. The predicted molar refractivity (Wildman–Crippen MR) is 435 cm³/mol. The summed E-state index contributed by atoms with van der Waals surface area (Å²) in [6.45, 7) is 3.67. The molecular weight excluding hydrogens is 1550 g/mol. The van der Waals surface area contributed by atoms with Crippen LogP contribution in [0.5, 0.6) is 0 Å². The highest BCUT2D eigenvalue weighted by Gasteiger charge is 2.37. The van der Waals surface area contributed by atoms with E-state index in [0.717, 1.165) is 21.6 Å². The molecule has 640 valence electrons. The molecule has 36 nitrogen and oxygen atoms in total. The molecule has 10 unspecified atom stereocenters. The summed E-state index contributed by atoms with van der Waals surface area (Å²) < 4.78 is 0. The molecule has 5 rings (SSSR count). The van der Waals surface area contributed by atoms with Crippen molar-refractivity contribution in [3.8, 4) is 0 Å². The molecule has 38 heteroatoms. The average Bonchev–Trinajstić information content (AvgIpc) is 1.52. The maximum Gasteiger partial charge on any atom is 0.245 e. The van der Waals surface area contributed by atoms with Crippen LogP contribution in [0.3, 0.4) is 0 Å². The van der Waals surface area contributed by atoms with Crippen molar-refractivity contribution in [1.82, 2.24) is 78.7 Å². The van der Waals surface area contributed by atoms with Crippen LogP contribution in [0, 0.1) is 15.6 Å². The summed E-state index contributed by atoms with van der Waals surface area (Å²) in [7, 11) is 1.85. The summed E-state index contributed by atoms with van der Waals surface area (Å²) in [6, 6.07) is 12.5. The fourth-order valence-corrected chi connectivity index (χ4v) is 14.4. The van der Waals surface area contributed by atoms with E-state index in [9.17, 15) is 88.5 Å². The molecule has 0 aliphatic carbocycles. The number of aliphatic hydroxyl groups is 3. The van der Waals surface area contributed by atoms with E-state index in [1.54, 1.807) is 85.1 Å². The van der Waals surface area contributed by atoms with Gasteiger partial charge in [0.15, 0.2) is 0 Å². The van der Waals surface area contributed by atoms with Crippen molar-refractivity contribution in [2.24, 2.45) is 5.73 Å². The first-order valence-electron chi connectivity index (χ1n) is 39.2. The fraction of sp³-hybridized carbons (Fsp3) is 0.564. The van der Waals surface area contributed by atoms with Gasteiger partial charge in [-0.25, -0.2) is 0 Å². The molecule has 14 amide bonds. The minimum Gasteiger partial charge on any atom is -0.756 e. The van der Waals surface area contributed by atoms with Crippen molar-refractivity contribution >= 4 is 115 Å². The van der Waals surface area contributed by atoms with Crippen molar-refractivity contribution in [2.75, 3.05) is 63.9 Å². The molecule has 4 aromatic rings. The molecule has 2 heterocycles. The minimum atomic E-state index is -1.76. The topological polar surface area (TPSA) is 553 Å². The molecule has 1 aliphatic heterocycles. The lowest BCUT2D eigenvalue weighted by atomic mass is 10.0. The zero-order chi connectivity index (χ0) is 84.9. The highest BCUT2D eigenvalue weighted by molar-refractivity contribution is 8.76. The van der Waals surface area contributed by atoms with Gasteiger partial charge in [-0.15, -0.1) is 0 Å². The van der Waals surface area contributed by atoms with Crippen LogP contribution in [0.15, 0.2) is 91.1 Å². The van der Waals surface area contributed by atoms with E-state index in [2.05, 4.69) is 63.5 Å². The van der Waals surface area contributed by atoms with Crippen molar-refractivity contribution in [3.05, 3.63) is 123 Å². The number of aliphatic hydroxyl groups excluding tert-OH is 3. The van der Waals surface area contributed by atoms with E-state index >= 15 is 9.59 Å². The van der Waals surface area contributed by atoms with Crippen molar-refractivity contribution in [3.63, 3.8) is 0 Å². The average molecular weight is 1660 g/mol. The maximum absolute atomic E-state index is 15.2. The summed E-state index contributed by atoms with van der Waals surface area (Å²) in [5.74, 6) is -11.3. The maximum atomic E-state index is 15.2. The molecule has 1 aromatic heterocycles. The number of carbonyl (C=O) groups is 14. The second kappa shape index (κ2) is 53.4. The van der Waals surface area contributed by atoms with Gasteiger partial charge in [0, 0.05) is 133 Å². The van der Waals surface area contributed by atoms with Crippen LogP contribution in [-0.4, -0.2) is 243 Å². The Labute approximate surface area is 682 Å². The van der Waals surface area contributed by atoms with Crippen LogP contribution in [-0.2, 0) is 86.4 Å². The molecule has 116 heavy (non-hydrogen) atoms. The lowest BCUT2D eigenvalue weighted by Gasteiger charge is -2.29. The van der Waals surface area contributed by atoms with Gasteiger partial charge in [-0.05, 0) is 120 Å². The standard InChI is InChI=1S/C78H113N16O20S2/c1-50(96)62(47-95)88-77(110)64-49-116-115-48-63(76(109)86-60(44-54-25-11-5-12-26-54)74(107)87-61(45-55-46-83-57-28-14-13-27-56(55)57)75(108)85-58(29-15-16-36-79)72(105)91-71(51(2)97)78(111)90-64)89-73(106)59(43-53-23-9-4-10-24-53)84-68(102)31-30-65(99)80-37-18-7-21-41-93(113)70(104)35-33-67(101)82-39-19-8-22-42-94(114)69(103)34-32-66(100)81-38-17-6-20-40-92(112)52(3)98/h4-5,9-14,23-28,46,50-51,58-64,71,83,95-97H,6-8,15-22,29-45,47-49,79H2,1-3H3,(H,80,99)(H,81,100)(H,82,101)(H,84,102)(H,85,108)(H,86,109)(H,87,107)(H,88,110)(H,89,106)(H,90,111)(H,91,105)/q-3. The fourth-order valence-electron chi connectivity index (χ4n) is 12.0. The van der Waals surface area contributed by atoms with Gasteiger partial charge in [-0.1, -0.05) is 100 Å². The lowest BCUT2D eigenvalue weighted by Crippen LogP contribution is -2.62. The van der Waals surface area contributed by atoms with Gasteiger partial charge in [0.1, 0.15) is 42.3 Å². The summed E-state index contributed by atoms with van der Waals surface area (Å²) >= 11 is 0. The summed E-state index contributed by atoms with van der Waals surface area (Å²) in [6.07, 6.45) is 1.24. The lowest BCUT2D eigenvalue weighted by molar-refractivity contribution is -0.136. The molecule has 17 N–H and O–H groups in total. The molecule has 0 saturated carbocycles. The van der Waals surface area contributed by atoms with E-state index in [4.69, 9.17) is 5.73 Å². The third kappa shape index (κ3) is 36.6. The number of hydrogen-bond donors (Lipinski definition) is 16. The van der Waals surface area contributed by atoms with E-state index in [1.807, 2.05) is 6.07 Å². The van der Waals surface area contributed by atoms with E-state index in [0.29, 0.717) is 102 Å². The van der Waals surface area contributed by atoms with Crippen LogP contribution in [0.2, 0.25) is 0 Å². The molecule has 3 aromatic carbocycles. The number of unbranched alkanes of at least 4 members (excludes halogenated alkanes) is 7. The number of carbonyl (C=O) groups excluding carboxylic acids is 14. The number of hydroxylamine groups is 6. The number of aromatic nitrogens is 1. The number of para-hydroxylation sites is 1. The second-order valence-corrected chi connectivity index (χ2v) is 30.9. The first-order chi connectivity index (χ1) is 55.6. The van der Waals surface area contributed by atoms with Crippen LogP contribution in [0.1, 0.15) is 153 Å². The van der Waals surface area contributed by atoms with Crippen LogP contribution >= 0.6 is 21.6 Å². The number of amides is 14. The molecule has 0 bridgehead atoms. The molecule has 1 saturated heterocycles. The third-order valence-corrected chi connectivity index (χ3v) is 21.3. The van der Waals surface area contributed by atoms with Gasteiger partial charge < -0.3 is 115 Å². The largest absolute Gasteiger partial charge is 0.756 e. The van der Waals surface area contributed by atoms with E-state index in [1.165, 1.54) is 20.8 Å². The van der Waals surface area contributed by atoms with Crippen LogP contribution < -0.4 is 64.2 Å². The number of fused-ring (bicyclic) bond motifs is 1. The van der Waals surface area contributed by atoms with Crippen LogP contribution in [0.25, 0.3) is 10.9 Å². The number of nitrogens with two attached hydrogens (primary N) is 1. The Morgan fingerprint density at radius 2 is 1.03 bits per heavy atom. The number of aromatic amines is 1. The zero-order valence-corrected chi connectivity index (χ0v) is 67.5.